The number of rotatable bonds is 2. The first-order valence-corrected chi connectivity index (χ1v) is 12.5. The second-order valence-corrected chi connectivity index (χ2v) is 11.1. The number of hydrogen-bond acceptors (Lipinski definition) is 5. The van der Waals surface area contributed by atoms with Gasteiger partial charge >= 0.3 is 0 Å². The molecule has 4 aliphatic rings. The standard InChI is InChI=1S/C25H34ClN3O4/c1-14(27)23(30)29-9-4-5-19(29)24(31)28-10-8-20-15(13-28)11-18-22(32-20)17-12-16(26)6-7-21(17)33-25(18,2)3/h6-7,12,14-15,18-20,22H,4-5,8-11,13,27H2,1-3H3/t14?,15-,18+,19+,20+,22-/m1/s1. The third-order valence-corrected chi connectivity index (χ3v) is 8.21. The Bertz CT molecular complexity index is 952. The highest BCUT2D eigenvalue weighted by molar-refractivity contribution is 6.30. The number of hydrogen-bond donors (Lipinski definition) is 1. The Morgan fingerprint density at radius 2 is 2.03 bits per heavy atom. The van der Waals surface area contributed by atoms with Gasteiger partial charge in [-0.3, -0.25) is 9.59 Å². The molecule has 2 amide bonds. The van der Waals surface area contributed by atoms with Gasteiger partial charge in [0.25, 0.3) is 0 Å². The summed E-state index contributed by atoms with van der Waals surface area (Å²) in [4.78, 5) is 29.6. The second-order valence-electron chi connectivity index (χ2n) is 10.6. The smallest absolute Gasteiger partial charge is 0.245 e. The predicted molar refractivity (Wildman–Crippen MR) is 125 cm³/mol. The lowest BCUT2D eigenvalue weighted by Gasteiger charge is -2.53. The van der Waals surface area contributed by atoms with Crippen LogP contribution in [0.2, 0.25) is 5.02 Å². The fraction of sp³-hybridized carbons (Fsp3) is 0.680. The van der Waals surface area contributed by atoms with E-state index in [0.717, 1.165) is 30.6 Å². The van der Waals surface area contributed by atoms with Gasteiger partial charge in [-0.05, 0) is 64.7 Å². The van der Waals surface area contributed by atoms with Gasteiger partial charge in [-0.2, -0.15) is 0 Å². The Kier molecular flexibility index (Phi) is 5.86. The van der Waals surface area contributed by atoms with Crippen molar-refractivity contribution in [3.63, 3.8) is 0 Å². The molecule has 4 heterocycles. The van der Waals surface area contributed by atoms with Crippen LogP contribution in [0.25, 0.3) is 0 Å². The molecule has 0 aromatic heterocycles. The van der Waals surface area contributed by atoms with E-state index < -0.39 is 6.04 Å². The summed E-state index contributed by atoms with van der Waals surface area (Å²) in [5, 5.41) is 0.685. The van der Waals surface area contributed by atoms with Crippen LogP contribution in [0.15, 0.2) is 18.2 Å². The van der Waals surface area contributed by atoms with E-state index in [1.54, 1.807) is 11.8 Å². The molecule has 8 heteroatoms. The number of benzene rings is 1. The number of nitrogens with two attached hydrogens (primary N) is 1. The van der Waals surface area contributed by atoms with Gasteiger partial charge in [0.15, 0.2) is 0 Å². The lowest BCUT2D eigenvalue weighted by Crippen LogP contribution is -2.58. The molecule has 2 N–H and O–H groups in total. The minimum Gasteiger partial charge on any atom is -0.487 e. The van der Waals surface area contributed by atoms with Gasteiger partial charge in [0.1, 0.15) is 17.4 Å². The molecule has 3 saturated heterocycles. The quantitative estimate of drug-likeness (QED) is 0.710. The van der Waals surface area contributed by atoms with Crippen LogP contribution in [0.4, 0.5) is 0 Å². The fourth-order valence-electron chi connectivity index (χ4n) is 6.24. The molecule has 0 saturated carbocycles. The number of likely N-dealkylation sites (tertiary alicyclic amines) is 2. The van der Waals surface area contributed by atoms with Crippen LogP contribution in [0.5, 0.6) is 5.75 Å². The molecule has 7 nitrogen and oxygen atoms in total. The summed E-state index contributed by atoms with van der Waals surface area (Å²) in [6.07, 6.45) is 3.31. The predicted octanol–water partition coefficient (Wildman–Crippen LogP) is 3.14. The Morgan fingerprint density at radius 1 is 1.24 bits per heavy atom. The molecule has 33 heavy (non-hydrogen) atoms. The zero-order valence-corrected chi connectivity index (χ0v) is 20.4. The van der Waals surface area contributed by atoms with Crippen molar-refractivity contribution in [3.05, 3.63) is 28.8 Å². The number of amides is 2. The summed E-state index contributed by atoms with van der Waals surface area (Å²) >= 11 is 6.29. The maximum absolute atomic E-state index is 13.4. The largest absolute Gasteiger partial charge is 0.487 e. The molecule has 0 radical (unpaired) electrons. The highest BCUT2D eigenvalue weighted by atomic mass is 35.5. The molecule has 0 spiro atoms. The Balaban J connectivity index is 1.32. The molecule has 5 rings (SSSR count). The molecule has 6 atom stereocenters. The zero-order valence-electron chi connectivity index (χ0n) is 19.6. The lowest BCUT2D eigenvalue weighted by atomic mass is 9.70. The first kappa shape index (κ1) is 22.9. The maximum Gasteiger partial charge on any atom is 0.245 e. The van der Waals surface area contributed by atoms with Crippen molar-refractivity contribution >= 4 is 23.4 Å². The summed E-state index contributed by atoms with van der Waals surface area (Å²) in [5.41, 5.74) is 6.47. The molecule has 4 aliphatic heterocycles. The average Bonchev–Trinajstić information content (AvgIpc) is 3.27. The van der Waals surface area contributed by atoms with Gasteiger partial charge in [-0.15, -0.1) is 0 Å². The number of fused-ring (bicyclic) bond motifs is 4. The van der Waals surface area contributed by atoms with Gasteiger partial charge in [-0.1, -0.05) is 11.6 Å². The number of halogens is 1. The van der Waals surface area contributed by atoms with Crippen molar-refractivity contribution in [2.24, 2.45) is 17.6 Å². The van der Waals surface area contributed by atoms with Crippen molar-refractivity contribution in [2.75, 3.05) is 19.6 Å². The van der Waals surface area contributed by atoms with Crippen molar-refractivity contribution in [1.82, 2.24) is 9.80 Å². The van der Waals surface area contributed by atoms with Gasteiger partial charge in [-0.25, -0.2) is 0 Å². The first-order valence-electron chi connectivity index (χ1n) is 12.1. The molecule has 1 unspecified atom stereocenters. The number of carbonyl (C=O) groups excluding carboxylic acids is 2. The Hall–Kier alpha value is -1.83. The highest BCUT2D eigenvalue weighted by Crippen LogP contribution is 2.53. The number of carbonyl (C=O) groups is 2. The van der Waals surface area contributed by atoms with Crippen molar-refractivity contribution in [2.45, 2.75) is 76.3 Å². The van der Waals surface area contributed by atoms with E-state index in [4.69, 9.17) is 26.8 Å². The maximum atomic E-state index is 13.4. The van der Waals surface area contributed by atoms with E-state index in [1.165, 1.54) is 0 Å². The first-order chi connectivity index (χ1) is 15.7. The van der Waals surface area contributed by atoms with Crippen LogP contribution >= 0.6 is 11.6 Å². The summed E-state index contributed by atoms with van der Waals surface area (Å²) in [5.74, 6) is 1.17. The van der Waals surface area contributed by atoms with E-state index in [-0.39, 0.29) is 47.5 Å². The zero-order chi connectivity index (χ0) is 23.5. The molecule has 0 bridgehead atoms. The van der Waals surface area contributed by atoms with E-state index >= 15 is 0 Å². The molecule has 180 valence electrons. The number of ether oxygens (including phenoxy) is 2. The van der Waals surface area contributed by atoms with Gasteiger partial charge in [0.05, 0.1) is 18.2 Å². The minimum atomic E-state index is -0.585. The van der Waals surface area contributed by atoms with Crippen LogP contribution in [0.1, 0.15) is 58.1 Å². The SMILES string of the molecule is CC(N)C(=O)N1CCC[C@H]1C(=O)N1CC[C@@H]2O[C@@H]3c4cc(Cl)ccc4OC(C)(C)[C@H]3C[C@@H]2C1. The summed E-state index contributed by atoms with van der Waals surface area (Å²) < 4.78 is 13.1. The van der Waals surface area contributed by atoms with Crippen LogP contribution < -0.4 is 10.5 Å². The van der Waals surface area contributed by atoms with Crippen molar-refractivity contribution < 1.29 is 19.1 Å². The Labute approximate surface area is 200 Å². The monoisotopic (exact) mass is 475 g/mol. The molecular weight excluding hydrogens is 442 g/mol. The third kappa shape index (κ3) is 4.02. The van der Waals surface area contributed by atoms with Gasteiger partial charge in [0, 0.05) is 42.1 Å². The summed E-state index contributed by atoms with van der Waals surface area (Å²) in [6.45, 7) is 7.83. The van der Waals surface area contributed by atoms with E-state index in [1.807, 2.05) is 23.1 Å². The van der Waals surface area contributed by atoms with Crippen LogP contribution in [0.3, 0.4) is 0 Å². The van der Waals surface area contributed by atoms with Crippen molar-refractivity contribution in [3.8, 4) is 5.75 Å². The fourth-order valence-corrected chi connectivity index (χ4v) is 6.42. The second kappa shape index (κ2) is 8.43. The third-order valence-electron chi connectivity index (χ3n) is 7.97. The summed E-state index contributed by atoms with van der Waals surface area (Å²) in [6, 6.07) is 4.78. The van der Waals surface area contributed by atoms with Crippen molar-refractivity contribution in [1.29, 1.82) is 0 Å². The molecule has 1 aromatic carbocycles. The summed E-state index contributed by atoms with van der Waals surface area (Å²) in [7, 11) is 0. The van der Waals surface area contributed by atoms with E-state index in [2.05, 4.69) is 13.8 Å². The number of piperidine rings is 1. The minimum absolute atomic E-state index is 0.0540. The average molecular weight is 476 g/mol. The number of nitrogens with zero attached hydrogens (tertiary/aromatic N) is 2. The topological polar surface area (TPSA) is 85.1 Å². The highest BCUT2D eigenvalue weighted by Gasteiger charge is 2.52. The van der Waals surface area contributed by atoms with Gasteiger partial charge in [0.2, 0.25) is 11.8 Å². The lowest BCUT2D eigenvalue weighted by molar-refractivity contribution is -0.189. The molecule has 3 fully saturated rings. The van der Waals surface area contributed by atoms with Crippen LogP contribution in [-0.2, 0) is 14.3 Å². The molecule has 1 aromatic rings. The molecule has 0 aliphatic carbocycles. The van der Waals surface area contributed by atoms with Crippen LogP contribution in [-0.4, -0.2) is 65.0 Å². The van der Waals surface area contributed by atoms with Crippen LogP contribution in [0, 0.1) is 11.8 Å². The molecular formula is C25H34ClN3O4. The van der Waals surface area contributed by atoms with Gasteiger partial charge < -0.3 is 25.0 Å². The van der Waals surface area contributed by atoms with E-state index in [9.17, 15) is 9.59 Å². The van der Waals surface area contributed by atoms with E-state index in [0.29, 0.717) is 31.1 Å². The Morgan fingerprint density at radius 3 is 2.79 bits per heavy atom. The normalized spacial score (nSPS) is 33.4.